The summed E-state index contributed by atoms with van der Waals surface area (Å²) in [6, 6.07) is 6.53. The van der Waals surface area contributed by atoms with Crippen LogP contribution in [0.15, 0.2) is 29.2 Å². The maximum atomic E-state index is 11.2. The molecule has 0 aliphatic heterocycles. The molecule has 0 radical (unpaired) electrons. The molecule has 0 amide bonds. The van der Waals surface area contributed by atoms with Crippen LogP contribution in [0.25, 0.3) is 0 Å². The monoisotopic (exact) mass is 237 g/mol. The predicted octanol–water partition coefficient (Wildman–Crippen LogP) is 1.91. The van der Waals surface area contributed by atoms with Gasteiger partial charge in [-0.1, -0.05) is 5.92 Å². The smallest absolute Gasteiger partial charge is 0.175 e. The zero-order chi connectivity index (χ0) is 12.4. The van der Waals surface area contributed by atoms with E-state index in [0.717, 1.165) is 5.69 Å². The molecule has 0 saturated carbocycles. The second-order valence-corrected chi connectivity index (χ2v) is 6.21. The summed E-state index contributed by atoms with van der Waals surface area (Å²) in [4.78, 5) is 0.302. The highest BCUT2D eigenvalue weighted by molar-refractivity contribution is 7.90. The molecule has 1 rings (SSSR count). The van der Waals surface area contributed by atoms with Crippen molar-refractivity contribution in [1.29, 1.82) is 0 Å². The molecular formula is C12H15NO2S. The van der Waals surface area contributed by atoms with E-state index in [1.807, 2.05) is 13.8 Å². The van der Waals surface area contributed by atoms with E-state index in [4.69, 9.17) is 6.42 Å². The molecule has 0 fully saturated rings. The van der Waals surface area contributed by atoms with E-state index >= 15 is 0 Å². The van der Waals surface area contributed by atoms with Gasteiger partial charge < -0.3 is 5.32 Å². The van der Waals surface area contributed by atoms with Crippen molar-refractivity contribution in [2.75, 3.05) is 11.6 Å². The molecular weight excluding hydrogens is 222 g/mol. The van der Waals surface area contributed by atoms with Crippen molar-refractivity contribution in [2.24, 2.45) is 0 Å². The lowest BCUT2D eigenvalue weighted by Gasteiger charge is -2.21. The van der Waals surface area contributed by atoms with Crippen LogP contribution in [0, 0.1) is 12.3 Å². The Hall–Kier alpha value is -1.47. The number of hydrogen-bond donors (Lipinski definition) is 1. The van der Waals surface area contributed by atoms with Gasteiger partial charge in [0, 0.05) is 11.9 Å². The lowest BCUT2D eigenvalue weighted by molar-refractivity contribution is 0.602. The lowest BCUT2D eigenvalue weighted by Crippen LogP contribution is -2.28. The highest BCUT2D eigenvalue weighted by Gasteiger charge is 2.13. The first kappa shape index (κ1) is 12.6. The highest BCUT2D eigenvalue weighted by atomic mass is 32.2. The Morgan fingerprint density at radius 3 is 2.12 bits per heavy atom. The van der Waals surface area contributed by atoms with Gasteiger partial charge in [0.15, 0.2) is 9.84 Å². The fourth-order valence-corrected chi connectivity index (χ4v) is 1.81. The van der Waals surface area contributed by atoms with Crippen molar-refractivity contribution in [3.8, 4) is 12.3 Å². The molecule has 0 bridgehead atoms. The van der Waals surface area contributed by atoms with Gasteiger partial charge in [0.05, 0.1) is 10.4 Å². The molecule has 1 aromatic carbocycles. The topological polar surface area (TPSA) is 46.2 Å². The Labute approximate surface area is 96.8 Å². The van der Waals surface area contributed by atoms with Crippen molar-refractivity contribution in [3.63, 3.8) is 0 Å². The summed E-state index contributed by atoms with van der Waals surface area (Å²) < 4.78 is 22.5. The third-order valence-electron chi connectivity index (χ3n) is 2.10. The van der Waals surface area contributed by atoms with Gasteiger partial charge in [0.25, 0.3) is 0 Å². The molecule has 3 nitrogen and oxygen atoms in total. The number of rotatable bonds is 3. The standard InChI is InChI=1S/C12H15NO2S/c1-5-12(2,3)13-10-6-8-11(9-7-10)16(4,14)15/h1,6-9,13H,2-4H3. The van der Waals surface area contributed by atoms with Crippen LogP contribution in [0.2, 0.25) is 0 Å². The lowest BCUT2D eigenvalue weighted by atomic mass is 10.1. The SMILES string of the molecule is C#CC(C)(C)Nc1ccc(S(C)(=O)=O)cc1. The Morgan fingerprint density at radius 2 is 1.75 bits per heavy atom. The predicted molar refractivity (Wildman–Crippen MR) is 66.1 cm³/mol. The molecule has 0 aliphatic carbocycles. The molecule has 1 N–H and O–H groups in total. The van der Waals surface area contributed by atoms with Crippen LogP contribution in [-0.2, 0) is 9.84 Å². The van der Waals surface area contributed by atoms with E-state index in [2.05, 4.69) is 11.2 Å². The van der Waals surface area contributed by atoms with Gasteiger partial charge in [-0.25, -0.2) is 8.42 Å². The average molecular weight is 237 g/mol. The summed E-state index contributed by atoms with van der Waals surface area (Å²) in [5.41, 5.74) is 0.349. The average Bonchev–Trinajstić information content (AvgIpc) is 2.16. The van der Waals surface area contributed by atoms with Crippen molar-refractivity contribution >= 4 is 15.5 Å². The molecule has 1 aromatic rings. The molecule has 4 heteroatoms. The largest absolute Gasteiger partial charge is 0.370 e. The van der Waals surface area contributed by atoms with Crippen molar-refractivity contribution in [1.82, 2.24) is 0 Å². The Bertz CT molecular complexity index is 507. The molecule has 0 aromatic heterocycles. The minimum Gasteiger partial charge on any atom is -0.370 e. The number of terminal acetylenes is 1. The van der Waals surface area contributed by atoms with Crippen LogP contribution in [0.1, 0.15) is 13.8 Å². The fraction of sp³-hybridized carbons (Fsp3) is 0.333. The molecule has 0 spiro atoms. The number of nitrogens with one attached hydrogen (secondary N) is 1. The minimum absolute atomic E-state index is 0.302. The molecule has 0 aliphatic rings. The summed E-state index contributed by atoms with van der Waals surface area (Å²) >= 11 is 0. The molecule has 86 valence electrons. The number of hydrogen-bond acceptors (Lipinski definition) is 3. The summed E-state index contributed by atoms with van der Waals surface area (Å²) in [5, 5.41) is 3.12. The zero-order valence-electron chi connectivity index (χ0n) is 9.61. The van der Waals surface area contributed by atoms with Crippen LogP contribution in [0.5, 0.6) is 0 Å². The number of benzene rings is 1. The van der Waals surface area contributed by atoms with Gasteiger partial charge in [-0.3, -0.25) is 0 Å². The first-order valence-corrected chi connectivity index (χ1v) is 6.70. The van der Waals surface area contributed by atoms with Gasteiger partial charge in [-0.05, 0) is 38.1 Å². The van der Waals surface area contributed by atoms with E-state index in [1.54, 1.807) is 24.3 Å². The number of anilines is 1. The van der Waals surface area contributed by atoms with E-state index < -0.39 is 15.4 Å². The van der Waals surface area contributed by atoms with Gasteiger partial charge >= 0.3 is 0 Å². The molecule has 0 atom stereocenters. The quantitative estimate of drug-likeness (QED) is 0.817. The third kappa shape index (κ3) is 3.28. The van der Waals surface area contributed by atoms with E-state index in [9.17, 15) is 8.42 Å². The highest BCUT2D eigenvalue weighted by Crippen LogP contribution is 2.17. The zero-order valence-corrected chi connectivity index (χ0v) is 10.4. The van der Waals surface area contributed by atoms with E-state index in [0.29, 0.717) is 4.90 Å². The minimum atomic E-state index is -3.14. The Kier molecular flexibility index (Phi) is 3.30. The van der Waals surface area contributed by atoms with Gasteiger partial charge in [0.2, 0.25) is 0 Å². The first-order valence-electron chi connectivity index (χ1n) is 4.81. The van der Waals surface area contributed by atoms with Crippen LogP contribution in [-0.4, -0.2) is 20.2 Å². The molecule has 16 heavy (non-hydrogen) atoms. The van der Waals surface area contributed by atoms with Crippen LogP contribution in [0.4, 0.5) is 5.69 Å². The maximum absolute atomic E-state index is 11.2. The third-order valence-corrected chi connectivity index (χ3v) is 3.23. The second-order valence-electron chi connectivity index (χ2n) is 4.19. The van der Waals surface area contributed by atoms with Gasteiger partial charge in [-0.15, -0.1) is 6.42 Å². The van der Waals surface area contributed by atoms with Crippen LogP contribution in [0.3, 0.4) is 0 Å². The first-order chi connectivity index (χ1) is 7.24. The summed E-state index contributed by atoms with van der Waals surface area (Å²) in [6.07, 6.45) is 6.53. The normalized spacial score (nSPS) is 11.9. The summed E-state index contributed by atoms with van der Waals surface area (Å²) in [7, 11) is -3.14. The summed E-state index contributed by atoms with van der Waals surface area (Å²) in [5.74, 6) is 2.61. The Balaban J connectivity index is 2.94. The second kappa shape index (κ2) is 4.18. The van der Waals surface area contributed by atoms with E-state index in [-0.39, 0.29) is 0 Å². The van der Waals surface area contributed by atoms with Crippen LogP contribution >= 0.6 is 0 Å². The summed E-state index contributed by atoms with van der Waals surface area (Å²) in [6.45, 7) is 3.74. The van der Waals surface area contributed by atoms with Gasteiger partial charge in [0.1, 0.15) is 0 Å². The van der Waals surface area contributed by atoms with Crippen molar-refractivity contribution in [3.05, 3.63) is 24.3 Å². The number of sulfone groups is 1. The van der Waals surface area contributed by atoms with Crippen molar-refractivity contribution in [2.45, 2.75) is 24.3 Å². The fourth-order valence-electron chi connectivity index (χ4n) is 1.18. The van der Waals surface area contributed by atoms with E-state index in [1.165, 1.54) is 6.26 Å². The molecule has 0 heterocycles. The van der Waals surface area contributed by atoms with Crippen LogP contribution < -0.4 is 5.32 Å². The van der Waals surface area contributed by atoms with Crippen molar-refractivity contribution < 1.29 is 8.42 Å². The maximum Gasteiger partial charge on any atom is 0.175 e. The Morgan fingerprint density at radius 1 is 1.25 bits per heavy atom. The molecule has 0 saturated heterocycles. The van der Waals surface area contributed by atoms with Gasteiger partial charge in [-0.2, -0.15) is 0 Å². The molecule has 0 unspecified atom stereocenters.